The molecule has 2 unspecified atom stereocenters. The van der Waals surface area contributed by atoms with Crippen LogP contribution in [0.2, 0.25) is 5.02 Å². The lowest BCUT2D eigenvalue weighted by Crippen LogP contribution is -2.39. The molecular formula is C12H14ClFN2. The van der Waals surface area contributed by atoms with E-state index in [1.165, 1.54) is 6.07 Å². The summed E-state index contributed by atoms with van der Waals surface area (Å²) in [7, 11) is 2.11. The summed E-state index contributed by atoms with van der Waals surface area (Å²) in [6.45, 7) is 2.04. The maximum Gasteiger partial charge on any atom is 0.148 e. The standard InChI is InChI=1S/C12H14ClFN2/c1-16-3-2-11-9(6-16)8-4-7(13)5-10(14)12(8)15-11/h4-5,9,11,15H,2-3,6H2,1H3. The minimum Gasteiger partial charge on any atom is -0.379 e. The number of likely N-dealkylation sites (tertiary alicyclic amines) is 1. The van der Waals surface area contributed by atoms with Gasteiger partial charge in [0.2, 0.25) is 0 Å². The van der Waals surface area contributed by atoms with E-state index in [2.05, 4.69) is 17.3 Å². The minimum atomic E-state index is -0.223. The van der Waals surface area contributed by atoms with Crippen molar-refractivity contribution in [2.45, 2.75) is 18.4 Å². The van der Waals surface area contributed by atoms with Crippen LogP contribution in [-0.4, -0.2) is 31.1 Å². The molecule has 86 valence electrons. The summed E-state index contributed by atoms with van der Waals surface area (Å²) in [6.07, 6.45) is 1.06. The van der Waals surface area contributed by atoms with Gasteiger partial charge in [0.15, 0.2) is 0 Å². The van der Waals surface area contributed by atoms with Crippen molar-refractivity contribution in [3.05, 3.63) is 28.5 Å². The molecule has 2 heterocycles. The number of fused-ring (bicyclic) bond motifs is 3. The topological polar surface area (TPSA) is 15.3 Å². The number of rotatable bonds is 0. The monoisotopic (exact) mass is 240 g/mol. The number of hydrogen-bond donors (Lipinski definition) is 1. The van der Waals surface area contributed by atoms with E-state index in [0.29, 0.717) is 22.7 Å². The van der Waals surface area contributed by atoms with Crippen molar-refractivity contribution < 1.29 is 4.39 Å². The molecule has 1 aromatic rings. The van der Waals surface area contributed by atoms with Gasteiger partial charge in [-0.15, -0.1) is 0 Å². The van der Waals surface area contributed by atoms with Crippen LogP contribution in [0, 0.1) is 5.82 Å². The van der Waals surface area contributed by atoms with Gasteiger partial charge in [0.1, 0.15) is 5.82 Å². The van der Waals surface area contributed by atoms with Crippen LogP contribution in [-0.2, 0) is 0 Å². The third-order valence-electron chi connectivity index (χ3n) is 3.63. The minimum absolute atomic E-state index is 0.223. The van der Waals surface area contributed by atoms with Crippen LogP contribution in [0.3, 0.4) is 0 Å². The van der Waals surface area contributed by atoms with Crippen LogP contribution < -0.4 is 5.32 Å². The zero-order chi connectivity index (χ0) is 11.3. The Morgan fingerprint density at radius 3 is 3.12 bits per heavy atom. The molecule has 0 bridgehead atoms. The molecule has 4 heteroatoms. The lowest BCUT2D eigenvalue weighted by molar-refractivity contribution is 0.243. The van der Waals surface area contributed by atoms with Crippen LogP contribution >= 0.6 is 11.6 Å². The third-order valence-corrected chi connectivity index (χ3v) is 3.85. The summed E-state index contributed by atoms with van der Waals surface area (Å²) in [5.74, 6) is 0.154. The van der Waals surface area contributed by atoms with E-state index in [0.717, 1.165) is 25.1 Å². The third kappa shape index (κ3) is 1.50. The highest BCUT2D eigenvalue weighted by atomic mass is 35.5. The van der Waals surface area contributed by atoms with Crippen LogP contribution in [0.4, 0.5) is 10.1 Å². The predicted molar refractivity (Wildman–Crippen MR) is 63.7 cm³/mol. The summed E-state index contributed by atoms with van der Waals surface area (Å²) in [5.41, 5.74) is 1.70. The maximum absolute atomic E-state index is 13.7. The second-order valence-corrected chi connectivity index (χ2v) is 5.20. The van der Waals surface area contributed by atoms with E-state index in [1.54, 1.807) is 0 Å². The fourth-order valence-corrected chi connectivity index (χ4v) is 3.04. The number of benzene rings is 1. The molecule has 1 N–H and O–H groups in total. The van der Waals surface area contributed by atoms with Crippen LogP contribution in [0.25, 0.3) is 0 Å². The van der Waals surface area contributed by atoms with E-state index < -0.39 is 0 Å². The first kappa shape index (κ1) is 10.4. The Bertz CT molecular complexity index is 435. The van der Waals surface area contributed by atoms with Gasteiger partial charge in [0.25, 0.3) is 0 Å². The van der Waals surface area contributed by atoms with Gasteiger partial charge in [0, 0.05) is 23.5 Å². The number of hydrogen-bond acceptors (Lipinski definition) is 2. The Balaban J connectivity index is 2.04. The molecule has 1 aromatic carbocycles. The number of anilines is 1. The Morgan fingerprint density at radius 2 is 2.31 bits per heavy atom. The first-order valence-electron chi connectivity index (χ1n) is 5.59. The summed E-state index contributed by atoms with van der Waals surface area (Å²) in [6, 6.07) is 3.66. The van der Waals surface area contributed by atoms with E-state index in [4.69, 9.17) is 11.6 Å². The molecule has 0 aliphatic carbocycles. The van der Waals surface area contributed by atoms with E-state index in [-0.39, 0.29) is 5.82 Å². The molecule has 1 saturated heterocycles. The Labute approximate surface area is 99.4 Å². The molecule has 1 fully saturated rings. The average molecular weight is 241 g/mol. The highest BCUT2D eigenvalue weighted by Gasteiger charge is 2.37. The fourth-order valence-electron chi connectivity index (χ4n) is 2.83. The average Bonchev–Trinajstić information content (AvgIpc) is 2.57. The Kier molecular flexibility index (Phi) is 2.33. The van der Waals surface area contributed by atoms with Crippen molar-refractivity contribution in [2.24, 2.45) is 0 Å². The molecule has 0 aromatic heterocycles. The highest BCUT2D eigenvalue weighted by molar-refractivity contribution is 6.30. The van der Waals surface area contributed by atoms with Gasteiger partial charge >= 0.3 is 0 Å². The van der Waals surface area contributed by atoms with Crippen molar-refractivity contribution in [3.8, 4) is 0 Å². The molecule has 0 saturated carbocycles. The fraction of sp³-hybridized carbons (Fsp3) is 0.500. The van der Waals surface area contributed by atoms with Gasteiger partial charge in [-0.3, -0.25) is 0 Å². The predicted octanol–water partition coefficient (Wildman–Crippen LogP) is 2.69. The number of nitrogens with one attached hydrogen (secondary N) is 1. The highest BCUT2D eigenvalue weighted by Crippen LogP contribution is 2.42. The molecule has 2 atom stereocenters. The summed E-state index contributed by atoms with van der Waals surface area (Å²) >= 11 is 5.91. The first-order chi connectivity index (χ1) is 7.65. The summed E-state index contributed by atoms with van der Waals surface area (Å²) in [4.78, 5) is 2.29. The number of nitrogens with zero attached hydrogens (tertiary/aromatic N) is 1. The van der Waals surface area contributed by atoms with E-state index in [1.807, 2.05) is 6.07 Å². The largest absolute Gasteiger partial charge is 0.379 e. The van der Waals surface area contributed by atoms with Gasteiger partial charge in [-0.25, -0.2) is 4.39 Å². The molecule has 0 radical (unpaired) electrons. The van der Waals surface area contributed by atoms with Gasteiger partial charge in [-0.2, -0.15) is 0 Å². The van der Waals surface area contributed by atoms with Crippen LogP contribution in [0.1, 0.15) is 17.9 Å². The molecule has 0 amide bonds. The first-order valence-corrected chi connectivity index (χ1v) is 5.97. The van der Waals surface area contributed by atoms with Crippen molar-refractivity contribution in [1.29, 1.82) is 0 Å². The zero-order valence-corrected chi connectivity index (χ0v) is 9.89. The van der Waals surface area contributed by atoms with Gasteiger partial charge in [-0.05, 0) is 37.7 Å². The Morgan fingerprint density at radius 1 is 1.50 bits per heavy atom. The SMILES string of the molecule is CN1CCC2Nc3c(F)cc(Cl)cc3C2C1. The normalized spacial score (nSPS) is 28.4. The van der Waals surface area contributed by atoms with Crippen molar-refractivity contribution in [2.75, 3.05) is 25.5 Å². The molecule has 3 rings (SSSR count). The molecule has 2 aliphatic rings. The number of likely N-dealkylation sites (N-methyl/N-ethyl adjacent to an activating group) is 1. The van der Waals surface area contributed by atoms with E-state index in [9.17, 15) is 4.39 Å². The molecule has 2 aliphatic heterocycles. The molecule has 2 nitrogen and oxygen atoms in total. The molecule has 16 heavy (non-hydrogen) atoms. The van der Waals surface area contributed by atoms with Crippen molar-refractivity contribution >= 4 is 17.3 Å². The number of halogens is 2. The van der Waals surface area contributed by atoms with Crippen molar-refractivity contribution in [3.63, 3.8) is 0 Å². The van der Waals surface area contributed by atoms with E-state index >= 15 is 0 Å². The quantitative estimate of drug-likeness (QED) is 0.750. The lowest BCUT2D eigenvalue weighted by atomic mass is 9.90. The maximum atomic E-state index is 13.7. The van der Waals surface area contributed by atoms with Gasteiger partial charge in [-0.1, -0.05) is 11.6 Å². The van der Waals surface area contributed by atoms with Crippen LogP contribution in [0.15, 0.2) is 12.1 Å². The second-order valence-electron chi connectivity index (χ2n) is 4.76. The molecular weight excluding hydrogens is 227 g/mol. The van der Waals surface area contributed by atoms with Gasteiger partial charge < -0.3 is 10.2 Å². The number of piperidine rings is 1. The lowest BCUT2D eigenvalue weighted by Gasteiger charge is -2.32. The van der Waals surface area contributed by atoms with Gasteiger partial charge in [0.05, 0.1) is 5.69 Å². The summed E-state index contributed by atoms with van der Waals surface area (Å²) < 4.78 is 13.7. The van der Waals surface area contributed by atoms with Crippen LogP contribution in [0.5, 0.6) is 0 Å². The second kappa shape index (κ2) is 3.60. The Hall–Kier alpha value is -0.800. The van der Waals surface area contributed by atoms with Crippen molar-refractivity contribution in [1.82, 2.24) is 4.90 Å². The zero-order valence-electron chi connectivity index (χ0n) is 9.13. The molecule has 0 spiro atoms. The smallest absolute Gasteiger partial charge is 0.148 e. The summed E-state index contributed by atoms with van der Waals surface area (Å²) in [5, 5.41) is 3.78.